The third-order valence-corrected chi connectivity index (χ3v) is 20.8. The fourth-order valence-electron chi connectivity index (χ4n) is 15.3. The average Bonchev–Trinajstić information content (AvgIpc) is 1.47. The fraction of sp³-hybridized carbons (Fsp3) is 0.966. The summed E-state index contributed by atoms with van der Waals surface area (Å²) in [7, 11) is 0. The van der Waals surface area contributed by atoms with Gasteiger partial charge in [0.15, 0.2) is 10.8 Å². The van der Waals surface area contributed by atoms with E-state index in [1.807, 2.05) is 34.6 Å². The van der Waals surface area contributed by atoms with Gasteiger partial charge in [0.25, 0.3) is 11.2 Å². The summed E-state index contributed by atoms with van der Waals surface area (Å²) >= 11 is 0. The lowest BCUT2D eigenvalue weighted by molar-refractivity contribution is -0.374. The van der Waals surface area contributed by atoms with Gasteiger partial charge in [-0.3, -0.25) is 9.59 Å². The second kappa shape index (κ2) is 28.5. The van der Waals surface area contributed by atoms with Crippen molar-refractivity contribution in [2.75, 3.05) is 6.61 Å². The molecule has 13 unspecified atom stereocenters. The molecule has 0 saturated heterocycles. The maximum absolute atomic E-state index is 14.3. The van der Waals surface area contributed by atoms with Crippen LogP contribution in [0.1, 0.15) is 192 Å². The molecule has 0 radical (unpaired) electrons. The predicted molar refractivity (Wildman–Crippen MR) is 278 cm³/mol. The number of halogens is 24. The molecule has 4 aliphatic rings. The van der Waals surface area contributed by atoms with E-state index in [2.05, 4.69) is 4.74 Å². The molecule has 4 bridgehead atoms. The lowest BCUT2D eigenvalue weighted by Crippen LogP contribution is -2.58. The minimum absolute atomic E-state index is 0.00677. The van der Waals surface area contributed by atoms with E-state index in [4.69, 9.17) is 9.47 Å². The molecule has 0 aromatic rings. The van der Waals surface area contributed by atoms with Crippen molar-refractivity contribution in [1.29, 1.82) is 0 Å². The Morgan fingerprint density at radius 2 is 0.789 bits per heavy atom. The highest BCUT2D eigenvalue weighted by molar-refractivity contribution is 5.78. The SMILES string of the molecule is CCCC(C)(CCCOC(C(F)(F)F)C(F)(F)F)OC(=O)C(C)(CCCC1C2CC(CC(O)(C(F)(F)F)C(F)(F)F)C(C2)C1C)C(F)(F)F.CCCC(OC(=O)C(C)(CCCC1C2CC(CC(O)(C(F)(F)F)C(F)(F)F)C(C2)C1C)C(F)(F)F)(C(C)C)C(C)C. The summed E-state index contributed by atoms with van der Waals surface area (Å²) in [4.78, 5) is 26.3. The van der Waals surface area contributed by atoms with Crippen LogP contribution in [0.2, 0.25) is 0 Å². The number of aliphatic hydroxyl groups is 2. The van der Waals surface area contributed by atoms with Crippen LogP contribution in [0.3, 0.4) is 0 Å². The fourth-order valence-corrected chi connectivity index (χ4v) is 15.3. The monoisotopic (exact) mass is 1360 g/mol. The lowest BCUT2D eigenvalue weighted by atomic mass is 9.69. The Morgan fingerprint density at radius 1 is 0.456 bits per heavy atom. The van der Waals surface area contributed by atoms with Crippen LogP contribution in [0.25, 0.3) is 0 Å². The van der Waals surface area contributed by atoms with Gasteiger partial charge in [-0.25, -0.2) is 0 Å². The van der Waals surface area contributed by atoms with Crippen LogP contribution < -0.4 is 0 Å². The van der Waals surface area contributed by atoms with Crippen LogP contribution in [0.15, 0.2) is 0 Å². The molecule has 0 spiro atoms. The number of rotatable bonds is 27. The third-order valence-electron chi connectivity index (χ3n) is 20.8. The summed E-state index contributed by atoms with van der Waals surface area (Å²) < 4.78 is 336. The van der Waals surface area contributed by atoms with Gasteiger partial charge in [0.2, 0.25) is 6.10 Å². The smallest absolute Gasteiger partial charge is 0.426 e. The highest BCUT2D eigenvalue weighted by atomic mass is 19.4. The Labute approximate surface area is 508 Å². The Morgan fingerprint density at radius 3 is 1.07 bits per heavy atom. The zero-order chi connectivity index (χ0) is 70.2. The van der Waals surface area contributed by atoms with E-state index < -0.39 is 181 Å². The van der Waals surface area contributed by atoms with Gasteiger partial charge in [-0.2, -0.15) is 105 Å². The summed E-state index contributed by atoms with van der Waals surface area (Å²) in [5.41, 5.74) is -18.4. The number of esters is 2. The molecule has 0 aliphatic heterocycles. The molecule has 13 atom stereocenters. The second-order valence-corrected chi connectivity index (χ2v) is 27.4. The van der Waals surface area contributed by atoms with Crippen LogP contribution in [-0.4, -0.2) is 107 Å². The highest BCUT2D eigenvalue weighted by Crippen LogP contribution is 2.63. The van der Waals surface area contributed by atoms with Crippen molar-refractivity contribution in [1.82, 2.24) is 0 Å². The lowest BCUT2D eigenvalue weighted by Gasteiger charge is -2.43. The first-order valence-electron chi connectivity index (χ1n) is 30.3. The minimum atomic E-state index is -5.98. The van der Waals surface area contributed by atoms with Crippen molar-refractivity contribution in [2.45, 2.75) is 270 Å². The maximum atomic E-state index is 14.3. The van der Waals surface area contributed by atoms with Crippen LogP contribution in [0.5, 0.6) is 0 Å². The molecule has 0 aromatic heterocycles. The Bertz CT molecular complexity index is 2250. The zero-order valence-corrected chi connectivity index (χ0v) is 51.9. The van der Waals surface area contributed by atoms with E-state index >= 15 is 0 Å². The summed E-state index contributed by atoms with van der Waals surface area (Å²) in [6.07, 6.45) is -53.0. The van der Waals surface area contributed by atoms with Gasteiger partial charge in [-0.1, -0.05) is 81.1 Å². The number of alkyl halides is 24. The normalized spacial score (nSPS) is 27.0. The predicted octanol–water partition coefficient (Wildman–Crippen LogP) is 19.5. The van der Waals surface area contributed by atoms with E-state index in [1.54, 1.807) is 20.8 Å². The molecule has 7 nitrogen and oxygen atoms in total. The van der Waals surface area contributed by atoms with E-state index in [-0.39, 0.29) is 93.3 Å². The van der Waals surface area contributed by atoms with E-state index in [0.717, 1.165) is 6.92 Å². The van der Waals surface area contributed by atoms with Gasteiger partial charge in [0.05, 0.1) is 0 Å². The topological polar surface area (TPSA) is 102 Å². The van der Waals surface area contributed by atoms with Gasteiger partial charge < -0.3 is 24.4 Å². The zero-order valence-electron chi connectivity index (χ0n) is 51.9. The molecule has 0 aromatic carbocycles. The van der Waals surface area contributed by atoms with Crippen molar-refractivity contribution in [3.63, 3.8) is 0 Å². The van der Waals surface area contributed by atoms with Crippen molar-refractivity contribution in [3.05, 3.63) is 0 Å². The quantitative estimate of drug-likeness (QED) is 0.0480. The van der Waals surface area contributed by atoms with E-state index in [1.165, 1.54) is 6.92 Å². The molecule has 4 fully saturated rings. The molecule has 2 N–H and O–H groups in total. The van der Waals surface area contributed by atoms with Gasteiger partial charge >= 0.3 is 61.3 Å². The molecule has 4 aliphatic carbocycles. The Kier molecular flexibility index (Phi) is 25.7. The van der Waals surface area contributed by atoms with Crippen LogP contribution >= 0.6 is 0 Å². The summed E-state index contributed by atoms with van der Waals surface area (Å²) in [6, 6.07) is 0. The van der Waals surface area contributed by atoms with Crippen LogP contribution in [0, 0.1) is 81.8 Å². The highest BCUT2D eigenvalue weighted by Gasteiger charge is 2.73. The van der Waals surface area contributed by atoms with Crippen LogP contribution in [-0.2, 0) is 23.8 Å². The largest absolute Gasteiger partial charge is 0.459 e. The van der Waals surface area contributed by atoms with Crippen LogP contribution in [0.4, 0.5) is 105 Å². The third kappa shape index (κ3) is 17.6. The second-order valence-electron chi connectivity index (χ2n) is 27.4. The van der Waals surface area contributed by atoms with Crippen molar-refractivity contribution < 1.29 is 139 Å². The molecule has 31 heteroatoms. The van der Waals surface area contributed by atoms with E-state index in [0.29, 0.717) is 26.2 Å². The summed E-state index contributed by atoms with van der Waals surface area (Å²) in [6.45, 7) is 15.4. The van der Waals surface area contributed by atoms with E-state index in [9.17, 15) is 125 Å². The van der Waals surface area contributed by atoms with Crippen molar-refractivity contribution >= 4 is 11.9 Å². The molecule has 532 valence electrons. The Balaban J connectivity index is 0.000000478. The first-order valence-corrected chi connectivity index (χ1v) is 30.3. The standard InChI is InChI=1S/C30H41F15O4.C29H45F9O3/c1-5-9-23(3,10-7-12-48-21(26(31,32)33)27(34,35)36)49-22(46)24(4,28(37,38)39)11-6-8-19-16(2)20-14-17(19)13-18(20)15-25(47,29(40,41)42)30(43,44)45;1-8-11-25(16(2)3,17(4)5)41-23(39)24(7,27(30,31)32)12-9-10-21-18(6)22-14-19(21)13-20(22)15-26(40,28(33,34)35)29(36,37)38/h16-21,47H,5-15H2,1-4H3;16-22,40H,8-15H2,1-7H3. The molecule has 0 heterocycles. The number of ether oxygens (including phenoxy) is 3. The van der Waals surface area contributed by atoms with Crippen molar-refractivity contribution in [2.24, 2.45) is 81.8 Å². The first-order chi connectivity index (χ1) is 40.2. The molecule has 4 rings (SSSR count). The number of hydrogen-bond donors (Lipinski definition) is 2. The van der Waals surface area contributed by atoms with Gasteiger partial charge in [0, 0.05) is 6.61 Å². The van der Waals surface area contributed by atoms with Gasteiger partial charge in [-0.05, 0) is 182 Å². The summed E-state index contributed by atoms with van der Waals surface area (Å²) in [5, 5.41) is 19.3. The first kappa shape index (κ1) is 81.4. The van der Waals surface area contributed by atoms with Gasteiger partial charge in [0.1, 0.15) is 11.2 Å². The Hall–Kier alpha value is -2.86. The minimum Gasteiger partial charge on any atom is -0.459 e. The molecular formula is C59H86F24O7. The summed E-state index contributed by atoms with van der Waals surface area (Å²) in [5.74, 6) is -8.84. The van der Waals surface area contributed by atoms with Gasteiger partial charge in [-0.15, -0.1) is 0 Å². The average molecular weight is 1360 g/mol. The molecular weight excluding hydrogens is 1280 g/mol. The number of carbonyl (C=O) groups is 2. The number of fused-ring (bicyclic) bond motifs is 4. The molecule has 90 heavy (non-hydrogen) atoms. The van der Waals surface area contributed by atoms with Crippen molar-refractivity contribution in [3.8, 4) is 0 Å². The molecule has 0 amide bonds. The molecule has 4 saturated carbocycles. The number of hydrogen-bond acceptors (Lipinski definition) is 7. The maximum Gasteiger partial charge on any atom is 0.426 e. The number of carbonyl (C=O) groups excluding carboxylic acids is 2.